The Morgan fingerprint density at radius 3 is 2.53 bits per heavy atom. The molecule has 0 unspecified atom stereocenters. The van der Waals surface area contributed by atoms with Gasteiger partial charge in [-0.25, -0.2) is 4.79 Å². The molecular weight excluding hydrogens is 378 g/mol. The molecule has 1 aromatic heterocycles. The first-order valence-electron chi connectivity index (χ1n) is 10.1. The Hall–Kier alpha value is -3.41. The fourth-order valence-electron chi connectivity index (χ4n) is 3.33. The molecule has 0 bridgehead atoms. The number of fused-ring (bicyclic) bond motifs is 1. The third-order valence-electron chi connectivity index (χ3n) is 5.23. The Labute approximate surface area is 175 Å². The van der Waals surface area contributed by atoms with Crippen molar-refractivity contribution in [1.82, 2.24) is 10.3 Å². The van der Waals surface area contributed by atoms with Crippen LogP contribution in [0.2, 0.25) is 0 Å². The molecule has 154 valence electrons. The fraction of sp³-hybridized carbons (Fsp3) is 0.292. The van der Waals surface area contributed by atoms with Crippen LogP contribution in [0.3, 0.4) is 0 Å². The van der Waals surface area contributed by atoms with E-state index in [2.05, 4.69) is 10.3 Å². The average molecular weight is 403 g/mol. The number of carbonyl (C=O) groups is 2. The smallest absolute Gasteiger partial charge is 0.339 e. The van der Waals surface area contributed by atoms with E-state index >= 15 is 0 Å². The molecule has 0 spiro atoms. The van der Waals surface area contributed by atoms with Gasteiger partial charge in [-0.2, -0.15) is 0 Å². The first-order chi connectivity index (χ1) is 14.5. The second-order valence-corrected chi connectivity index (χ2v) is 7.80. The molecule has 3 aromatic rings. The van der Waals surface area contributed by atoms with Gasteiger partial charge in [-0.3, -0.25) is 9.78 Å². The van der Waals surface area contributed by atoms with Crippen LogP contribution >= 0.6 is 0 Å². The molecule has 6 nitrogen and oxygen atoms in total. The molecule has 4 rings (SSSR count). The predicted molar refractivity (Wildman–Crippen MR) is 117 cm³/mol. The number of hydrogen-bond acceptors (Lipinski definition) is 5. The van der Waals surface area contributed by atoms with Crippen LogP contribution in [0, 0.1) is 0 Å². The van der Waals surface area contributed by atoms with Gasteiger partial charge in [-0.1, -0.05) is 30.3 Å². The van der Waals surface area contributed by atoms with Gasteiger partial charge >= 0.3 is 5.97 Å². The molecule has 0 aliphatic heterocycles. The average Bonchev–Trinajstić information content (AvgIpc) is 3.61. The largest absolute Gasteiger partial charge is 0.452 e. The summed E-state index contributed by atoms with van der Waals surface area (Å²) < 4.78 is 5.31. The van der Waals surface area contributed by atoms with Crippen molar-refractivity contribution in [3.63, 3.8) is 0 Å². The molecule has 2 aromatic carbocycles. The molecule has 1 heterocycles. The van der Waals surface area contributed by atoms with Crippen LogP contribution in [0.15, 0.2) is 54.6 Å². The lowest BCUT2D eigenvalue weighted by Crippen LogP contribution is -2.28. The highest BCUT2D eigenvalue weighted by molar-refractivity contribution is 6.04. The fourth-order valence-corrected chi connectivity index (χ4v) is 3.33. The maximum absolute atomic E-state index is 12.7. The maximum Gasteiger partial charge on any atom is 0.339 e. The van der Waals surface area contributed by atoms with E-state index in [1.165, 1.54) is 0 Å². The van der Waals surface area contributed by atoms with Crippen LogP contribution in [0.5, 0.6) is 0 Å². The summed E-state index contributed by atoms with van der Waals surface area (Å²) in [4.78, 5) is 31.5. The van der Waals surface area contributed by atoms with Gasteiger partial charge < -0.3 is 15.0 Å². The minimum Gasteiger partial charge on any atom is -0.452 e. The quantitative estimate of drug-likeness (QED) is 0.610. The van der Waals surface area contributed by atoms with Gasteiger partial charge in [-0.05, 0) is 42.7 Å². The number of rotatable bonds is 7. The molecule has 1 saturated carbocycles. The SMILES string of the molecule is CN(C)c1ccc(CNC(=O)COC(=O)c2cc(C3CC3)nc3ccccc23)cc1. The second kappa shape index (κ2) is 8.53. The lowest BCUT2D eigenvalue weighted by atomic mass is 10.1. The van der Waals surface area contributed by atoms with Crippen LogP contribution in [0.25, 0.3) is 10.9 Å². The van der Waals surface area contributed by atoms with Crippen molar-refractivity contribution in [2.24, 2.45) is 0 Å². The number of nitrogens with zero attached hydrogens (tertiary/aromatic N) is 2. The van der Waals surface area contributed by atoms with Crippen LogP contribution in [-0.4, -0.2) is 37.6 Å². The number of nitrogens with one attached hydrogen (secondary N) is 1. The number of carbonyl (C=O) groups excluding carboxylic acids is 2. The molecular formula is C24H25N3O3. The van der Waals surface area contributed by atoms with E-state index in [1.807, 2.05) is 73.6 Å². The van der Waals surface area contributed by atoms with E-state index in [4.69, 9.17) is 4.74 Å². The highest BCUT2D eigenvalue weighted by Gasteiger charge is 2.27. The number of ether oxygens (including phenoxy) is 1. The van der Waals surface area contributed by atoms with E-state index in [0.29, 0.717) is 18.0 Å². The van der Waals surface area contributed by atoms with Crippen molar-refractivity contribution in [3.05, 3.63) is 71.4 Å². The lowest BCUT2D eigenvalue weighted by Gasteiger charge is -2.13. The first-order valence-corrected chi connectivity index (χ1v) is 10.1. The summed E-state index contributed by atoms with van der Waals surface area (Å²) in [5.41, 5.74) is 4.24. The summed E-state index contributed by atoms with van der Waals surface area (Å²) in [6, 6.07) is 17.2. The molecule has 0 saturated heterocycles. The predicted octanol–water partition coefficient (Wildman–Crippen LogP) is 3.65. The van der Waals surface area contributed by atoms with E-state index in [0.717, 1.165) is 40.7 Å². The monoisotopic (exact) mass is 403 g/mol. The molecule has 1 fully saturated rings. The number of para-hydroxylation sites is 1. The van der Waals surface area contributed by atoms with Crippen LogP contribution < -0.4 is 10.2 Å². The zero-order chi connectivity index (χ0) is 21.1. The van der Waals surface area contributed by atoms with Crippen LogP contribution in [0.4, 0.5) is 5.69 Å². The molecule has 0 atom stereocenters. The number of aromatic nitrogens is 1. The third-order valence-corrected chi connectivity index (χ3v) is 5.23. The number of hydrogen-bond donors (Lipinski definition) is 1. The number of anilines is 1. The third kappa shape index (κ3) is 4.59. The molecule has 30 heavy (non-hydrogen) atoms. The Bertz CT molecular complexity index is 1070. The van der Waals surface area contributed by atoms with Crippen molar-refractivity contribution in [1.29, 1.82) is 0 Å². The van der Waals surface area contributed by atoms with Gasteiger partial charge in [0.25, 0.3) is 5.91 Å². The number of benzene rings is 2. The van der Waals surface area contributed by atoms with E-state index in [-0.39, 0.29) is 12.5 Å². The van der Waals surface area contributed by atoms with E-state index in [9.17, 15) is 9.59 Å². The van der Waals surface area contributed by atoms with Crippen molar-refractivity contribution in [2.45, 2.75) is 25.3 Å². The normalized spacial score (nSPS) is 13.1. The molecule has 1 N–H and O–H groups in total. The van der Waals surface area contributed by atoms with Crippen LogP contribution in [-0.2, 0) is 16.1 Å². The molecule has 1 aliphatic rings. The van der Waals surface area contributed by atoms with E-state index < -0.39 is 5.97 Å². The number of pyridine rings is 1. The molecule has 0 radical (unpaired) electrons. The summed E-state index contributed by atoms with van der Waals surface area (Å²) in [5.74, 6) is -0.412. The van der Waals surface area contributed by atoms with Gasteiger partial charge in [0.1, 0.15) is 0 Å². The first kappa shape index (κ1) is 19.9. The van der Waals surface area contributed by atoms with Gasteiger partial charge in [0, 0.05) is 43.3 Å². The highest BCUT2D eigenvalue weighted by atomic mass is 16.5. The minimum atomic E-state index is -0.499. The number of amides is 1. The zero-order valence-corrected chi connectivity index (χ0v) is 17.2. The summed E-state index contributed by atoms with van der Waals surface area (Å²) in [7, 11) is 3.95. The Morgan fingerprint density at radius 2 is 1.83 bits per heavy atom. The standard InChI is InChI=1S/C24H25N3O3/c1-27(2)18-11-7-16(8-12-18)14-25-23(28)15-30-24(29)20-13-22(17-9-10-17)26-21-6-4-3-5-19(20)21/h3-8,11-13,17H,9-10,14-15H2,1-2H3,(H,25,28). The zero-order valence-electron chi connectivity index (χ0n) is 17.2. The van der Waals surface area contributed by atoms with Gasteiger partial charge in [0.2, 0.25) is 0 Å². The molecule has 1 aliphatic carbocycles. The lowest BCUT2D eigenvalue weighted by molar-refractivity contribution is -0.124. The molecule has 1 amide bonds. The van der Waals surface area contributed by atoms with Gasteiger partial charge in [0.05, 0.1) is 11.1 Å². The Balaban J connectivity index is 1.37. The minimum absolute atomic E-state index is 0.315. The van der Waals surface area contributed by atoms with E-state index in [1.54, 1.807) is 0 Å². The Morgan fingerprint density at radius 1 is 1.10 bits per heavy atom. The summed E-state index contributed by atoms with van der Waals surface area (Å²) in [6.07, 6.45) is 2.19. The summed E-state index contributed by atoms with van der Waals surface area (Å²) >= 11 is 0. The highest BCUT2D eigenvalue weighted by Crippen LogP contribution is 2.40. The van der Waals surface area contributed by atoms with Gasteiger partial charge in [0.15, 0.2) is 6.61 Å². The van der Waals surface area contributed by atoms with Crippen molar-refractivity contribution < 1.29 is 14.3 Å². The van der Waals surface area contributed by atoms with Crippen molar-refractivity contribution in [2.75, 3.05) is 25.6 Å². The van der Waals surface area contributed by atoms with Gasteiger partial charge in [-0.15, -0.1) is 0 Å². The van der Waals surface area contributed by atoms with Crippen LogP contribution in [0.1, 0.15) is 40.4 Å². The van der Waals surface area contributed by atoms with Crippen molar-refractivity contribution in [3.8, 4) is 0 Å². The number of esters is 1. The summed E-state index contributed by atoms with van der Waals surface area (Å²) in [5, 5.41) is 3.53. The topological polar surface area (TPSA) is 71.5 Å². The summed E-state index contributed by atoms with van der Waals surface area (Å²) in [6.45, 7) is 0.0676. The van der Waals surface area contributed by atoms with Crippen molar-refractivity contribution >= 4 is 28.5 Å². The second-order valence-electron chi connectivity index (χ2n) is 7.80. The maximum atomic E-state index is 12.7. The molecule has 6 heteroatoms. The Kier molecular flexibility index (Phi) is 5.65.